The van der Waals surface area contributed by atoms with Gasteiger partial charge in [0.1, 0.15) is 17.4 Å². The first-order chi connectivity index (χ1) is 9.73. The molecule has 0 bridgehead atoms. The molecule has 1 saturated heterocycles. The Labute approximate surface area is 123 Å². The Bertz CT molecular complexity index is 625. The van der Waals surface area contributed by atoms with Crippen LogP contribution in [0.25, 0.3) is 0 Å². The highest BCUT2D eigenvalue weighted by molar-refractivity contribution is 6.36. The van der Waals surface area contributed by atoms with Gasteiger partial charge in [0.2, 0.25) is 11.8 Å². The van der Waals surface area contributed by atoms with Crippen LogP contribution in [0.2, 0.25) is 5.02 Å². The van der Waals surface area contributed by atoms with Crippen LogP contribution in [0.15, 0.2) is 12.1 Å². The first-order valence-electron chi connectivity index (χ1n) is 6.07. The second kappa shape index (κ2) is 5.40. The van der Waals surface area contributed by atoms with Gasteiger partial charge in [-0.2, -0.15) is 0 Å². The average Bonchev–Trinajstić information content (AvgIpc) is 2.30. The number of imide groups is 2. The number of rotatable bonds is 2. The number of urea groups is 1. The maximum absolute atomic E-state index is 13.9. The van der Waals surface area contributed by atoms with Gasteiger partial charge < -0.3 is 0 Å². The van der Waals surface area contributed by atoms with Crippen LogP contribution in [0.1, 0.15) is 13.8 Å². The fraction of sp³-hybridized carbons (Fsp3) is 0.308. The Morgan fingerprint density at radius 2 is 1.86 bits per heavy atom. The number of hydrogen-bond acceptors (Lipinski definition) is 3. The number of halogens is 3. The third-order valence-electron chi connectivity index (χ3n) is 3.07. The molecule has 1 aliphatic rings. The summed E-state index contributed by atoms with van der Waals surface area (Å²) in [6, 6.07) is 0.165. The zero-order valence-electron chi connectivity index (χ0n) is 11.1. The summed E-state index contributed by atoms with van der Waals surface area (Å²) in [6.45, 7) is 3.22. The van der Waals surface area contributed by atoms with Gasteiger partial charge in [0, 0.05) is 6.07 Å². The van der Waals surface area contributed by atoms with Crippen molar-refractivity contribution < 1.29 is 23.2 Å². The average molecular weight is 317 g/mol. The lowest BCUT2D eigenvalue weighted by Crippen LogP contribution is -2.59. The first-order valence-corrected chi connectivity index (χ1v) is 6.45. The van der Waals surface area contributed by atoms with Crippen molar-refractivity contribution in [2.24, 2.45) is 11.8 Å². The molecule has 21 heavy (non-hydrogen) atoms. The van der Waals surface area contributed by atoms with Gasteiger partial charge in [-0.25, -0.2) is 18.5 Å². The second-order valence-electron chi connectivity index (χ2n) is 4.91. The van der Waals surface area contributed by atoms with Crippen LogP contribution in [-0.4, -0.2) is 17.8 Å². The zero-order chi connectivity index (χ0) is 15.9. The van der Waals surface area contributed by atoms with Gasteiger partial charge in [0.25, 0.3) is 0 Å². The Kier molecular flexibility index (Phi) is 3.95. The third kappa shape index (κ3) is 2.61. The molecule has 0 aliphatic carbocycles. The van der Waals surface area contributed by atoms with Gasteiger partial charge in [0.05, 0.1) is 5.02 Å². The number of anilines is 1. The number of carbonyl (C=O) groups is 3. The van der Waals surface area contributed by atoms with E-state index in [1.165, 1.54) is 0 Å². The molecule has 1 heterocycles. The lowest BCUT2D eigenvalue weighted by Gasteiger charge is -2.32. The molecule has 1 aliphatic heterocycles. The number of barbiturate groups is 1. The molecule has 0 radical (unpaired) electrons. The summed E-state index contributed by atoms with van der Waals surface area (Å²) < 4.78 is 26.9. The summed E-state index contributed by atoms with van der Waals surface area (Å²) in [4.78, 5) is 36.3. The van der Waals surface area contributed by atoms with Gasteiger partial charge >= 0.3 is 6.03 Å². The van der Waals surface area contributed by atoms with Crippen LogP contribution in [0.5, 0.6) is 0 Å². The maximum Gasteiger partial charge on any atom is 0.335 e. The lowest BCUT2D eigenvalue weighted by molar-refractivity contribution is -0.136. The van der Waals surface area contributed by atoms with Crippen molar-refractivity contribution in [3.63, 3.8) is 0 Å². The number of nitrogens with zero attached hydrogens (tertiary/aromatic N) is 1. The lowest BCUT2D eigenvalue weighted by atomic mass is 9.92. The standard InChI is InChI=1S/C13H11ClF2N2O3/c1-5(2)9-11(19)17-13(21)18(12(9)20)10-7(14)3-6(15)4-8(10)16/h3-5,9H,1-2H3,(H,17,19,21). The smallest absolute Gasteiger partial charge is 0.277 e. The SMILES string of the molecule is CC(C)C1C(=O)NC(=O)N(c2c(F)cc(F)cc2Cl)C1=O. The highest BCUT2D eigenvalue weighted by atomic mass is 35.5. The van der Waals surface area contributed by atoms with Crippen molar-refractivity contribution in [1.29, 1.82) is 0 Å². The first kappa shape index (κ1) is 15.4. The van der Waals surface area contributed by atoms with Gasteiger partial charge in [-0.05, 0) is 12.0 Å². The van der Waals surface area contributed by atoms with Crippen molar-refractivity contribution in [3.8, 4) is 0 Å². The molecule has 1 aromatic rings. The minimum absolute atomic E-state index is 0.407. The minimum atomic E-state index is -1.17. The number of benzene rings is 1. The minimum Gasteiger partial charge on any atom is -0.277 e. The summed E-state index contributed by atoms with van der Waals surface area (Å²) in [6.07, 6.45) is 0. The van der Waals surface area contributed by atoms with E-state index in [1.807, 2.05) is 5.32 Å². The van der Waals surface area contributed by atoms with Crippen molar-refractivity contribution in [1.82, 2.24) is 5.32 Å². The molecule has 112 valence electrons. The Morgan fingerprint density at radius 1 is 1.24 bits per heavy atom. The normalized spacial score (nSPS) is 19.2. The summed E-state index contributed by atoms with van der Waals surface area (Å²) in [5, 5.41) is 1.53. The molecule has 4 amide bonds. The highest BCUT2D eigenvalue weighted by Crippen LogP contribution is 2.33. The predicted octanol–water partition coefficient (Wildman–Crippen LogP) is 2.47. The molecule has 0 saturated carbocycles. The largest absolute Gasteiger partial charge is 0.335 e. The molecular weight excluding hydrogens is 306 g/mol. The van der Waals surface area contributed by atoms with Crippen LogP contribution in [0, 0.1) is 23.5 Å². The molecule has 1 aromatic carbocycles. The van der Waals surface area contributed by atoms with E-state index in [9.17, 15) is 23.2 Å². The second-order valence-corrected chi connectivity index (χ2v) is 5.31. The fourth-order valence-electron chi connectivity index (χ4n) is 2.14. The van der Waals surface area contributed by atoms with E-state index in [0.29, 0.717) is 11.0 Å². The van der Waals surface area contributed by atoms with E-state index in [0.717, 1.165) is 6.07 Å². The summed E-state index contributed by atoms with van der Waals surface area (Å²) in [5.41, 5.74) is -0.571. The van der Waals surface area contributed by atoms with E-state index in [1.54, 1.807) is 13.8 Å². The summed E-state index contributed by atoms with van der Waals surface area (Å²) in [5.74, 6) is -5.32. The molecule has 5 nitrogen and oxygen atoms in total. The Balaban J connectivity index is 2.55. The molecule has 2 rings (SSSR count). The van der Waals surface area contributed by atoms with Crippen molar-refractivity contribution in [2.45, 2.75) is 13.8 Å². The van der Waals surface area contributed by atoms with Crippen molar-refractivity contribution >= 4 is 35.1 Å². The van der Waals surface area contributed by atoms with E-state index in [4.69, 9.17) is 11.6 Å². The highest BCUT2D eigenvalue weighted by Gasteiger charge is 2.44. The van der Waals surface area contributed by atoms with Crippen molar-refractivity contribution in [3.05, 3.63) is 28.8 Å². The van der Waals surface area contributed by atoms with Gasteiger partial charge in [0.15, 0.2) is 5.82 Å². The number of nitrogens with one attached hydrogen (secondary N) is 1. The monoisotopic (exact) mass is 316 g/mol. The van der Waals surface area contributed by atoms with Gasteiger partial charge in [-0.3, -0.25) is 14.9 Å². The predicted molar refractivity (Wildman–Crippen MR) is 70.7 cm³/mol. The molecule has 1 atom stereocenters. The van der Waals surface area contributed by atoms with E-state index in [-0.39, 0.29) is 0 Å². The Hall–Kier alpha value is -2.02. The molecule has 0 aromatic heterocycles. The molecule has 0 spiro atoms. The van der Waals surface area contributed by atoms with Crippen LogP contribution >= 0.6 is 11.6 Å². The fourth-order valence-corrected chi connectivity index (χ4v) is 2.42. The van der Waals surface area contributed by atoms with Crippen LogP contribution < -0.4 is 10.2 Å². The van der Waals surface area contributed by atoms with Gasteiger partial charge in [-0.1, -0.05) is 25.4 Å². The maximum atomic E-state index is 13.9. The van der Waals surface area contributed by atoms with E-state index >= 15 is 0 Å². The summed E-state index contributed by atoms with van der Waals surface area (Å²) >= 11 is 5.72. The number of amides is 4. The number of hydrogen-bond donors (Lipinski definition) is 1. The van der Waals surface area contributed by atoms with Crippen LogP contribution in [-0.2, 0) is 9.59 Å². The van der Waals surface area contributed by atoms with E-state index in [2.05, 4.69) is 0 Å². The van der Waals surface area contributed by atoms with Crippen LogP contribution in [0.4, 0.5) is 19.3 Å². The molecule has 8 heteroatoms. The molecule has 1 unspecified atom stereocenters. The van der Waals surface area contributed by atoms with E-state index < -0.39 is 52.0 Å². The zero-order valence-corrected chi connectivity index (χ0v) is 11.9. The topological polar surface area (TPSA) is 66.5 Å². The quantitative estimate of drug-likeness (QED) is 0.852. The third-order valence-corrected chi connectivity index (χ3v) is 3.36. The Morgan fingerprint density at radius 3 is 2.38 bits per heavy atom. The van der Waals surface area contributed by atoms with Crippen molar-refractivity contribution in [2.75, 3.05) is 4.90 Å². The van der Waals surface area contributed by atoms with Gasteiger partial charge in [-0.15, -0.1) is 0 Å². The number of carbonyl (C=O) groups excluding carboxylic acids is 3. The molecule has 1 N–H and O–H groups in total. The van der Waals surface area contributed by atoms with Crippen LogP contribution in [0.3, 0.4) is 0 Å². The molecule has 1 fully saturated rings. The summed E-state index contributed by atoms with van der Waals surface area (Å²) in [7, 11) is 0. The molecular formula is C13H11ClF2N2O3.